The van der Waals surface area contributed by atoms with Crippen LogP contribution in [0.3, 0.4) is 0 Å². The van der Waals surface area contributed by atoms with Crippen LogP contribution in [0.15, 0.2) is 6.20 Å². The van der Waals surface area contributed by atoms with Crippen molar-refractivity contribution in [1.82, 2.24) is 15.2 Å². The highest BCUT2D eigenvalue weighted by Gasteiger charge is 2.20. The Kier molecular flexibility index (Phi) is 5.21. The molecule has 0 aliphatic heterocycles. The van der Waals surface area contributed by atoms with Crippen molar-refractivity contribution in [2.45, 2.75) is 39.0 Å². The van der Waals surface area contributed by atoms with Gasteiger partial charge in [0, 0.05) is 13.7 Å². The van der Waals surface area contributed by atoms with Crippen LogP contribution in [-0.4, -0.2) is 23.0 Å². The molecule has 0 aliphatic carbocycles. The molecule has 92 valence electrons. The second kappa shape index (κ2) is 6.20. The summed E-state index contributed by atoms with van der Waals surface area (Å²) >= 11 is 6.10. The Morgan fingerprint density at radius 2 is 2.38 bits per heavy atom. The molecule has 0 bridgehead atoms. The molecule has 5 nitrogen and oxygen atoms in total. The predicted octanol–water partition coefficient (Wildman–Crippen LogP) is 1.49. The van der Waals surface area contributed by atoms with Crippen molar-refractivity contribution < 1.29 is 4.74 Å². The maximum Gasteiger partial charge on any atom is 0.0834 e. The lowest BCUT2D eigenvalue weighted by atomic mass is 10.1. The summed E-state index contributed by atoms with van der Waals surface area (Å²) < 4.78 is 7.07. The molecule has 2 unspecified atom stereocenters. The Bertz CT molecular complexity index is 329. The molecule has 1 aromatic rings. The minimum atomic E-state index is -0.0510. The van der Waals surface area contributed by atoms with E-state index >= 15 is 0 Å². The van der Waals surface area contributed by atoms with E-state index in [4.69, 9.17) is 22.2 Å². The molecule has 0 fully saturated rings. The number of nitrogens with zero attached hydrogens (tertiary/aromatic N) is 2. The first-order valence-electron chi connectivity index (χ1n) is 5.34. The van der Waals surface area contributed by atoms with E-state index in [1.165, 1.54) is 0 Å². The normalized spacial score (nSPS) is 15.1. The highest BCUT2D eigenvalue weighted by molar-refractivity contribution is 6.31. The van der Waals surface area contributed by atoms with E-state index in [1.807, 2.05) is 18.5 Å². The van der Waals surface area contributed by atoms with Gasteiger partial charge < -0.3 is 4.74 Å². The molecule has 2 atom stereocenters. The molecular formula is C10H19ClN4O. The van der Waals surface area contributed by atoms with E-state index < -0.39 is 0 Å². The smallest absolute Gasteiger partial charge is 0.0834 e. The van der Waals surface area contributed by atoms with E-state index in [0.29, 0.717) is 5.02 Å². The van der Waals surface area contributed by atoms with Crippen molar-refractivity contribution >= 4 is 11.6 Å². The van der Waals surface area contributed by atoms with Gasteiger partial charge in [-0.3, -0.25) is 16.0 Å². The number of rotatable bonds is 6. The van der Waals surface area contributed by atoms with Crippen LogP contribution in [0.25, 0.3) is 0 Å². The highest BCUT2D eigenvalue weighted by Crippen LogP contribution is 2.26. The van der Waals surface area contributed by atoms with Crippen molar-refractivity contribution in [2.75, 3.05) is 7.11 Å². The quantitative estimate of drug-likeness (QED) is 0.590. The van der Waals surface area contributed by atoms with Gasteiger partial charge in [0.15, 0.2) is 0 Å². The van der Waals surface area contributed by atoms with E-state index in [1.54, 1.807) is 13.3 Å². The zero-order chi connectivity index (χ0) is 12.1. The molecule has 0 saturated heterocycles. The van der Waals surface area contributed by atoms with E-state index in [-0.39, 0.29) is 12.1 Å². The van der Waals surface area contributed by atoms with Crippen molar-refractivity contribution in [2.24, 2.45) is 5.84 Å². The third-order valence-electron chi connectivity index (χ3n) is 2.63. The molecule has 0 saturated carbocycles. The Morgan fingerprint density at radius 3 is 2.88 bits per heavy atom. The van der Waals surface area contributed by atoms with Gasteiger partial charge in [0.25, 0.3) is 0 Å². The van der Waals surface area contributed by atoms with Crippen LogP contribution < -0.4 is 11.3 Å². The van der Waals surface area contributed by atoms with Crippen molar-refractivity contribution in [3.8, 4) is 0 Å². The zero-order valence-electron chi connectivity index (χ0n) is 9.90. The number of ether oxygens (including phenoxy) is 1. The summed E-state index contributed by atoms with van der Waals surface area (Å²) in [6.45, 7) is 4.77. The van der Waals surface area contributed by atoms with E-state index in [9.17, 15) is 0 Å². The van der Waals surface area contributed by atoms with E-state index in [0.717, 1.165) is 18.7 Å². The number of hydrogen-bond acceptors (Lipinski definition) is 4. The largest absolute Gasteiger partial charge is 0.382 e. The first kappa shape index (κ1) is 13.4. The average molecular weight is 247 g/mol. The Morgan fingerprint density at radius 1 is 1.69 bits per heavy atom. The summed E-state index contributed by atoms with van der Waals surface area (Å²) in [5.41, 5.74) is 3.67. The zero-order valence-corrected chi connectivity index (χ0v) is 10.7. The average Bonchev–Trinajstić information content (AvgIpc) is 2.67. The van der Waals surface area contributed by atoms with Gasteiger partial charge in [-0.1, -0.05) is 11.6 Å². The minimum Gasteiger partial charge on any atom is -0.382 e. The summed E-state index contributed by atoms with van der Waals surface area (Å²) in [6, 6.07) is -0.0510. The molecule has 0 amide bonds. The van der Waals surface area contributed by atoms with Crippen LogP contribution in [0, 0.1) is 0 Å². The molecule has 0 aliphatic rings. The number of hydrazine groups is 1. The fourth-order valence-electron chi connectivity index (χ4n) is 1.66. The summed E-state index contributed by atoms with van der Waals surface area (Å²) in [5, 5.41) is 4.82. The van der Waals surface area contributed by atoms with Gasteiger partial charge in [-0.2, -0.15) is 5.10 Å². The first-order valence-corrected chi connectivity index (χ1v) is 5.71. The highest BCUT2D eigenvalue weighted by atomic mass is 35.5. The van der Waals surface area contributed by atoms with Gasteiger partial charge in [-0.25, -0.2) is 0 Å². The van der Waals surface area contributed by atoms with Crippen molar-refractivity contribution in [3.63, 3.8) is 0 Å². The van der Waals surface area contributed by atoms with Gasteiger partial charge in [0.05, 0.1) is 29.1 Å². The van der Waals surface area contributed by atoms with Gasteiger partial charge in [0.2, 0.25) is 0 Å². The molecule has 1 aromatic heterocycles. The molecule has 3 N–H and O–H groups in total. The molecule has 0 radical (unpaired) electrons. The third-order valence-corrected chi connectivity index (χ3v) is 2.93. The van der Waals surface area contributed by atoms with Gasteiger partial charge in [-0.05, 0) is 20.3 Å². The molecular weight excluding hydrogens is 228 g/mol. The van der Waals surface area contributed by atoms with Crippen LogP contribution >= 0.6 is 11.6 Å². The number of nitrogens with two attached hydrogens (primary N) is 1. The van der Waals surface area contributed by atoms with Crippen LogP contribution in [0.5, 0.6) is 0 Å². The lowest BCUT2D eigenvalue weighted by Gasteiger charge is -2.20. The van der Waals surface area contributed by atoms with Crippen LogP contribution in [-0.2, 0) is 11.3 Å². The number of aryl methyl sites for hydroxylation is 1. The Balaban J connectivity index is 2.89. The van der Waals surface area contributed by atoms with Crippen LogP contribution in [0.2, 0.25) is 5.02 Å². The monoisotopic (exact) mass is 246 g/mol. The molecule has 1 heterocycles. The number of methoxy groups -OCH3 is 1. The molecule has 0 aromatic carbocycles. The number of hydrogen-bond donors (Lipinski definition) is 2. The SMILES string of the molecule is CCn1ncc(Cl)c1C(CC(C)OC)NN. The maximum absolute atomic E-state index is 6.10. The minimum absolute atomic E-state index is 0.0510. The van der Waals surface area contributed by atoms with E-state index in [2.05, 4.69) is 10.5 Å². The van der Waals surface area contributed by atoms with Crippen LogP contribution in [0.1, 0.15) is 32.0 Å². The lowest BCUT2D eigenvalue weighted by molar-refractivity contribution is 0.0993. The van der Waals surface area contributed by atoms with Gasteiger partial charge in [-0.15, -0.1) is 0 Å². The summed E-state index contributed by atoms with van der Waals surface area (Å²) in [6.07, 6.45) is 2.50. The molecule has 0 spiro atoms. The van der Waals surface area contributed by atoms with Gasteiger partial charge in [0.1, 0.15) is 0 Å². The van der Waals surface area contributed by atoms with Crippen molar-refractivity contribution in [3.05, 3.63) is 16.9 Å². The molecule has 16 heavy (non-hydrogen) atoms. The molecule has 6 heteroatoms. The fraction of sp³-hybridized carbons (Fsp3) is 0.700. The van der Waals surface area contributed by atoms with Crippen molar-refractivity contribution in [1.29, 1.82) is 0 Å². The van der Waals surface area contributed by atoms with Gasteiger partial charge >= 0.3 is 0 Å². The number of halogens is 1. The Labute approximate surface area is 101 Å². The second-order valence-corrected chi connectivity index (χ2v) is 4.10. The second-order valence-electron chi connectivity index (χ2n) is 3.69. The predicted molar refractivity (Wildman–Crippen MR) is 64.1 cm³/mol. The summed E-state index contributed by atoms with van der Waals surface area (Å²) in [5.74, 6) is 5.55. The fourth-order valence-corrected chi connectivity index (χ4v) is 1.93. The Hall–Kier alpha value is -0.620. The topological polar surface area (TPSA) is 65.1 Å². The summed E-state index contributed by atoms with van der Waals surface area (Å²) in [4.78, 5) is 0. The summed E-state index contributed by atoms with van der Waals surface area (Å²) in [7, 11) is 1.68. The van der Waals surface area contributed by atoms with Crippen LogP contribution in [0.4, 0.5) is 0 Å². The first-order chi connectivity index (χ1) is 7.63. The maximum atomic E-state index is 6.10. The molecule has 1 rings (SSSR count). The number of nitrogens with one attached hydrogen (secondary N) is 1. The lowest BCUT2D eigenvalue weighted by Crippen LogP contribution is -2.32. The number of aromatic nitrogens is 2. The third kappa shape index (κ3) is 2.95. The standard InChI is InChI=1S/C10H19ClN4O/c1-4-15-10(8(11)6-13-15)9(14-12)5-7(2)16-3/h6-7,9,14H,4-5,12H2,1-3H3.